The molecule has 2 aromatic heterocycles. The standard InChI is InChI=1S/C23H27N3O2S/c1-4-13-27-26-19-8-5-9-20-18(19)11-10-15(2)21(28-20)22-16(3)25-23(29-22)17-7-6-12-24-14-17/h6-7,12,14H,4-5,8-11,13H2,1-3H3. The topological polar surface area (TPSA) is 56.6 Å². The SMILES string of the molecule is CCCON=C1CCCC2=C1CCC(C)=C(c1sc(-c3cccnc3)nc1C)O2. The van der Waals surface area contributed by atoms with Gasteiger partial charge in [-0.3, -0.25) is 4.98 Å². The number of hydrogen-bond acceptors (Lipinski definition) is 6. The van der Waals surface area contributed by atoms with E-state index < -0.39 is 0 Å². The fourth-order valence-electron chi connectivity index (χ4n) is 3.69. The number of oxime groups is 1. The van der Waals surface area contributed by atoms with E-state index in [0.717, 1.165) is 76.9 Å². The number of aromatic nitrogens is 2. The molecule has 2 aliphatic rings. The molecule has 29 heavy (non-hydrogen) atoms. The van der Waals surface area contributed by atoms with Crippen molar-refractivity contribution in [2.24, 2.45) is 5.16 Å². The first kappa shape index (κ1) is 19.8. The monoisotopic (exact) mass is 409 g/mol. The quantitative estimate of drug-likeness (QED) is 0.431. The molecule has 0 amide bonds. The van der Waals surface area contributed by atoms with Crippen molar-refractivity contribution in [3.8, 4) is 10.6 Å². The summed E-state index contributed by atoms with van der Waals surface area (Å²) >= 11 is 1.68. The summed E-state index contributed by atoms with van der Waals surface area (Å²) in [4.78, 5) is 15.6. The molecule has 4 rings (SSSR count). The fourth-order valence-corrected chi connectivity index (χ4v) is 4.80. The first-order valence-electron chi connectivity index (χ1n) is 10.3. The summed E-state index contributed by atoms with van der Waals surface area (Å²) in [5.74, 6) is 2.02. The van der Waals surface area contributed by atoms with E-state index in [0.29, 0.717) is 6.61 Å². The highest BCUT2D eigenvalue weighted by Gasteiger charge is 2.27. The highest BCUT2D eigenvalue weighted by molar-refractivity contribution is 7.16. The third kappa shape index (κ3) is 4.27. The first-order chi connectivity index (χ1) is 14.2. The number of hydrogen-bond donors (Lipinski definition) is 0. The lowest BCUT2D eigenvalue weighted by Crippen LogP contribution is -2.13. The van der Waals surface area contributed by atoms with Gasteiger partial charge in [0.25, 0.3) is 0 Å². The van der Waals surface area contributed by atoms with Gasteiger partial charge in [-0.15, -0.1) is 11.3 Å². The van der Waals surface area contributed by atoms with Crippen LogP contribution in [0.15, 0.2) is 46.6 Å². The van der Waals surface area contributed by atoms with Crippen molar-refractivity contribution < 1.29 is 9.57 Å². The minimum Gasteiger partial charge on any atom is -0.460 e. The molecule has 0 radical (unpaired) electrons. The molecule has 0 bridgehead atoms. The lowest BCUT2D eigenvalue weighted by molar-refractivity contribution is 0.144. The van der Waals surface area contributed by atoms with Gasteiger partial charge in [0.05, 0.1) is 16.3 Å². The molecule has 0 unspecified atom stereocenters. The minimum atomic E-state index is 0.659. The second kappa shape index (κ2) is 8.91. The molecule has 1 aliphatic heterocycles. The van der Waals surface area contributed by atoms with Crippen LogP contribution in [-0.4, -0.2) is 22.3 Å². The van der Waals surface area contributed by atoms with E-state index in [2.05, 4.69) is 30.9 Å². The molecule has 1 aliphatic carbocycles. The van der Waals surface area contributed by atoms with E-state index >= 15 is 0 Å². The summed E-state index contributed by atoms with van der Waals surface area (Å²) in [5.41, 5.74) is 5.60. The third-order valence-electron chi connectivity index (χ3n) is 5.25. The third-order valence-corrected chi connectivity index (χ3v) is 6.45. The van der Waals surface area contributed by atoms with Crippen LogP contribution in [0.3, 0.4) is 0 Å². The predicted molar refractivity (Wildman–Crippen MR) is 118 cm³/mol. The zero-order chi connectivity index (χ0) is 20.2. The van der Waals surface area contributed by atoms with Crippen molar-refractivity contribution in [2.45, 2.75) is 59.3 Å². The summed E-state index contributed by atoms with van der Waals surface area (Å²) in [6.07, 6.45) is 9.48. The molecule has 0 saturated heterocycles. The zero-order valence-electron chi connectivity index (χ0n) is 17.3. The van der Waals surface area contributed by atoms with Crippen LogP contribution in [0.1, 0.15) is 62.9 Å². The van der Waals surface area contributed by atoms with Crippen LogP contribution in [0, 0.1) is 6.92 Å². The van der Waals surface area contributed by atoms with Crippen molar-refractivity contribution in [2.75, 3.05) is 6.61 Å². The molecule has 0 fully saturated rings. The molecule has 0 N–H and O–H groups in total. The Balaban J connectivity index is 1.65. The van der Waals surface area contributed by atoms with E-state index in [9.17, 15) is 0 Å². The number of allylic oxidation sites excluding steroid dienone is 3. The Morgan fingerprint density at radius 2 is 2.10 bits per heavy atom. The molecule has 2 aromatic rings. The Morgan fingerprint density at radius 3 is 2.90 bits per heavy atom. The maximum absolute atomic E-state index is 6.56. The largest absolute Gasteiger partial charge is 0.460 e. The van der Waals surface area contributed by atoms with E-state index in [1.54, 1.807) is 17.5 Å². The number of pyridine rings is 1. The predicted octanol–water partition coefficient (Wildman–Crippen LogP) is 6.28. The maximum Gasteiger partial charge on any atom is 0.144 e. The highest BCUT2D eigenvalue weighted by atomic mass is 32.1. The minimum absolute atomic E-state index is 0.659. The van der Waals surface area contributed by atoms with Gasteiger partial charge in [0.1, 0.15) is 23.1 Å². The van der Waals surface area contributed by atoms with Crippen LogP contribution in [0.4, 0.5) is 0 Å². The van der Waals surface area contributed by atoms with Gasteiger partial charge in [-0.25, -0.2) is 4.98 Å². The number of thiazole rings is 1. The Morgan fingerprint density at radius 1 is 1.21 bits per heavy atom. The number of aryl methyl sites for hydroxylation is 1. The van der Waals surface area contributed by atoms with Crippen LogP contribution in [-0.2, 0) is 9.57 Å². The first-order valence-corrected chi connectivity index (χ1v) is 11.2. The smallest absolute Gasteiger partial charge is 0.144 e. The normalized spacial score (nSPS) is 18.5. The lowest BCUT2D eigenvalue weighted by Gasteiger charge is -2.21. The van der Waals surface area contributed by atoms with E-state index in [1.165, 1.54) is 11.1 Å². The van der Waals surface area contributed by atoms with Crippen molar-refractivity contribution >= 4 is 22.8 Å². The molecule has 0 saturated carbocycles. The van der Waals surface area contributed by atoms with Crippen LogP contribution in [0.25, 0.3) is 16.3 Å². The summed E-state index contributed by atoms with van der Waals surface area (Å²) < 4.78 is 6.56. The molecular formula is C23H27N3O2S. The van der Waals surface area contributed by atoms with Gasteiger partial charge in [-0.2, -0.15) is 0 Å². The lowest BCUT2D eigenvalue weighted by atomic mass is 9.92. The molecule has 0 atom stereocenters. The van der Waals surface area contributed by atoms with Crippen LogP contribution in [0.2, 0.25) is 0 Å². The van der Waals surface area contributed by atoms with Crippen LogP contribution < -0.4 is 0 Å². The summed E-state index contributed by atoms with van der Waals surface area (Å²) in [5, 5.41) is 5.41. The van der Waals surface area contributed by atoms with Crippen molar-refractivity contribution in [3.05, 3.63) is 52.0 Å². The Kier molecular flexibility index (Phi) is 6.09. The summed E-state index contributed by atoms with van der Waals surface area (Å²) in [6, 6.07) is 3.99. The second-order valence-corrected chi connectivity index (χ2v) is 8.51. The zero-order valence-corrected chi connectivity index (χ0v) is 18.1. The van der Waals surface area contributed by atoms with Crippen LogP contribution >= 0.6 is 11.3 Å². The van der Waals surface area contributed by atoms with Gasteiger partial charge in [0, 0.05) is 30.0 Å². The maximum atomic E-state index is 6.56. The number of ether oxygens (including phenoxy) is 1. The van der Waals surface area contributed by atoms with Gasteiger partial charge < -0.3 is 9.57 Å². The van der Waals surface area contributed by atoms with Gasteiger partial charge in [0.15, 0.2) is 0 Å². The summed E-state index contributed by atoms with van der Waals surface area (Å²) in [7, 11) is 0. The molecule has 152 valence electrons. The Bertz CT molecular complexity index is 973. The van der Waals surface area contributed by atoms with Gasteiger partial charge >= 0.3 is 0 Å². The molecule has 3 heterocycles. The van der Waals surface area contributed by atoms with Crippen LogP contribution in [0.5, 0.6) is 0 Å². The average molecular weight is 410 g/mol. The second-order valence-electron chi connectivity index (χ2n) is 7.51. The van der Waals surface area contributed by atoms with E-state index in [1.807, 2.05) is 18.3 Å². The molecule has 0 spiro atoms. The van der Waals surface area contributed by atoms with Gasteiger partial charge in [0.2, 0.25) is 0 Å². The molecule has 5 nitrogen and oxygen atoms in total. The number of rotatable bonds is 5. The number of nitrogens with zero attached hydrogens (tertiary/aromatic N) is 3. The Labute approximate surface area is 176 Å². The van der Waals surface area contributed by atoms with Crippen molar-refractivity contribution in [1.29, 1.82) is 0 Å². The molecule has 0 aromatic carbocycles. The van der Waals surface area contributed by atoms with Gasteiger partial charge in [-0.05, 0) is 63.7 Å². The van der Waals surface area contributed by atoms with Crippen molar-refractivity contribution in [3.63, 3.8) is 0 Å². The summed E-state index contributed by atoms with van der Waals surface area (Å²) in [6.45, 7) is 6.98. The van der Waals surface area contributed by atoms with Gasteiger partial charge in [-0.1, -0.05) is 12.1 Å². The average Bonchev–Trinajstić information content (AvgIpc) is 3.04. The van der Waals surface area contributed by atoms with Crippen molar-refractivity contribution in [1.82, 2.24) is 9.97 Å². The highest BCUT2D eigenvalue weighted by Crippen LogP contribution is 2.41. The fraction of sp³-hybridized carbons (Fsp3) is 0.435. The van der Waals surface area contributed by atoms with E-state index in [4.69, 9.17) is 14.6 Å². The molecule has 6 heteroatoms. The Hall–Kier alpha value is -2.47. The van der Waals surface area contributed by atoms with E-state index in [-0.39, 0.29) is 0 Å². The molecular weight excluding hydrogens is 382 g/mol.